The molecule has 5 atom stereocenters. The van der Waals surface area contributed by atoms with Crippen LogP contribution in [-0.4, -0.2) is 76.0 Å². The number of benzene rings is 1. The number of carboxylic acid groups (broad SMARTS) is 1. The van der Waals surface area contributed by atoms with Gasteiger partial charge < -0.3 is 30.2 Å². The van der Waals surface area contributed by atoms with Gasteiger partial charge in [0.05, 0.1) is 12.8 Å². The van der Waals surface area contributed by atoms with Crippen molar-refractivity contribution in [2.75, 3.05) is 6.54 Å². The first-order valence-electron chi connectivity index (χ1n) is 14.2. The van der Waals surface area contributed by atoms with Gasteiger partial charge in [-0.15, -0.1) is 0 Å². The van der Waals surface area contributed by atoms with E-state index in [1.54, 1.807) is 27.0 Å². The second-order valence-corrected chi connectivity index (χ2v) is 12.0. The summed E-state index contributed by atoms with van der Waals surface area (Å²) in [5, 5.41) is 19.5. The van der Waals surface area contributed by atoms with Gasteiger partial charge in [0.25, 0.3) is 0 Å². The molecule has 222 valence electrons. The molecule has 1 saturated heterocycles. The van der Waals surface area contributed by atoms with Crippen molar-refractivity contribution in [3.8, 4) is 0 Å². The van der Waals surface area contributed by atoms with E-state index in [0.717, 1.165) is 24.8 Å². The normalized spacial score (nSPS) is 29.8. The van der Waals surface area contributed by atoms with E-state index in [4.69, 9.17) is 9.57 Å². The molecule has 1 aliphatic carbocycles. The summed E-state index contributed by atoms with van der Waals surface area (Å²) in [6.45, 7) is 5.26. The molecule has 1 aromatic carbocycles. The van der Waals surface area contributed by atoms with Gasteiger partial charge in [-0.05, 0) is 52.0 Å². The van der Waals surface area contributed by atoms with E-state index in [1.165, 1.54) is 4.90 Å². The Hall–Kier alpha value is -3.89. The first-order valence-corrected chi connectivity index (χ1v) is 14.2. The van der Waals surface area contributed by atoms with Crippen LogP contribution in [0.4, 0.5) is 4.79 Å². The topological polar surface area (TPSA) is 147 Å². The highest BCUT2D eigenvalue weighted by Crippen LogP contribution is 2.45. The Bertz CT molecular complexity index is 1180. The standard InChI is InChI=1S/C30H40N4O7/c1-29(2,3)40-28(39)32-23-15-11-6-4-5-10-14-21-17-30(21,27(37)38)33-25(35)24-16-22(19-34(24)26(23)36)41-31-18-20-12-8-7-9-13-20/h7-10,12-14,18,21-24H,4-6,11,15-17,19H2,1-3H3,(H,32,39)(H,33,35)(H,37,38)/b14-10-,31-18+/t21-,22-,23+,24+,30+/m1/s1. The van der Waals surface area contributed by atoms with Gasteiger partial charge in [0.2, 0.25) is 11.8 Å². The van der Waals surface area contributed by atoms with Crippen molar-refractivity contribution < 1.29 is 33.9 Å². The first-order chi connectivity index (χ1) is 19.5. The van der Waals surface area contributed by atoms with Crippen molar-refractivity contribution in [1.29, 1.82) is 0 Å². The number of hydrogen-bond acceptors (Lipinski definition) is 7. The summed E-state index contributed by atoms with van der Waals surface area (Å²) < 4.78 is 5.40. The Morgan fingerprint density at radius 2 is 1.93 bits per heavy atom. The SMILES string of the molecule is CC(C)(C)OC(=O)N[C@H]1CCCCC/C=C\[C@@H]2C[C@]2(C(=O)O)NC(=O)[C@@H]2C[C@@H](O/N=C/c3ccccc3)CN2C1=O. The Kier molecular flexibility index (Phi) is 9.35. The van der Waals surface area contributed by atoms with Gasteiger partial charge in [-0.2, -0.15) is 0 Å². The molecule has 0 unspecified atom stereocenters. The van der Waals surface area contributed by atoms with E-state index >= 15 is 0 Å². The molecule has 3 amide bonds. The van der Waals surface area contributed by atoms with Crippen LogP contribution in [0.25, 0.3) is 0 Å². The average molecular weight is 569 g/mol. The number of carbonyl (C=O) groups is 4. The number of aliphatic carboxylic acids is 1. The van der Waals surface area contributed by atoms with Gasteiger partial charge in [-0.1, -0.05) is 60.5 Å². The summed E-state index contributed by atoms with van der Waals surface area (Å²) in [6, 6.07) is 7.43. The van der Waals surface area contributed by atoms with Crippen LogP contribution in [-0.2, 0) is 24.0 Å². The maximum atomic E-state index is 13.9. The number of carbonyl (C=O) groups excluding carboxylic acids is 3. The molecular formula is C30H40N4O7. The molecule has 0 spiro atoms. The highest BCUT2D eigenvalue weighted by Gasteiger charge is 2.61. The van der Waals surface area contributed by atoms with Crippen LogP contribution in [0.15, 0.2) is 47.6 Å². The molecule has 2 fully saturated rings. The number of carboxylic acids is 1. The number of amides is 3. The van der Waals surface area contributed by atoms with Crippen LogP contribution in [0.1, 0.15) is 71.3 Å². The number of alkyl carbamates (subject to hydrolysis) is 1. The zero-order valence-corrected chi connectivity index (χ0v) is 23.9. The second kappa shape index (κ2) is 12.7. The van der Waals surface area contributed by atoms with Crippen molar-refractivity contribution in [3.05, 3.63) is 48.0 Å². The lowest BCUT2D eigenvalue weighted by atomic mass is 10.0. The van der Waals surface area contributed by atoms with Gasteiger partial charge in [-0.3, -0.25) is 9.59 Å². The van der Waals surface area contributed by atoms with Crippen LogP contribution in [0, 0.1) is 5.92 Å². The number of hydrogen-bond donors (Lipinski definition) is 3. The second-order valence-electron chi connectivity index (χ2n) is 12.0. The number of nitrogens with one attached hydrogen (secondary N) is 2. The first kappa shape index (κ1) is 30.1. The summed E-state index contributed by atoms with van der Waals surface area (Å²) in [5.74, 6) is -2.44. The molecule has 3 N–H and O–H groups in total. The van der Waals surface area contributed by atoms with Gasteiger partial charge in [0.15, 0.2) is 0 Å². The minimum atomic E-state index is -1.40. The lowest BCUT2D eigenvalue weighted by Crippen LogP contribution is -2.56. The van der Waals surface area contributed by atoms with Crippen molar-refractivity contribution >= 4 is 30.1 Å². The summed E-state index contributed by atoms with van der Waals surface area (Å²) in [4.78, 5) is 59.4. The fraction of sp³-hybridized carbons (Fsp3) is 0.567. The molecule has 11 heteroatoms. The summed E-state index contributed by atoms with van der Waals surface area (Å²) in [5.41, 5.74) is -1.33. The van der Waals surface area contributed by atoms with E-state index < -0.39 is 53.2 Å². The number of nitrogens with zero attached hydrogens (tertiary/aromatic N) is 2. The number of fused-ring (bicyclic) bond motifs is 2. The van der Waals surface area contributed by atoms with E-state index in [9.17, 15) is 24.3 Å². The molecule has 2 aliphatic heterocycles. The van der Waals surface area contributed by atoms with Gasteiger partial charge in [0.1, 0.15) is 29.3 Å². The number of rotatable bonds is 5. The minimum absolute atomic E-state index is 0.0545. The molecule has 3 aliphatic rings. The van der Waals surface area contributed by atoms with Gasteiger partial charge in [0, 0.05) is 12.3 Å². The Morgan fingerprint density at radius 1 is 1.17 bits per heavy atom. The summed E-state index contributed by atoms with van der Waals surface area (Å²) in [6.07, 6.45) is 7.93. The molecular weight excluding hydrogens is 528 g/mol. The van der Waals surface area contributed by atoms with E-state index in [0.29, 0.717) is 12.8 Å². The van der Waals surface area contributed by atoms with Gasteiger partial charge >= 0.3 is 12.1 Å². The zero-order chi connectivity index (χ0) is 29.6. The quantitative estimate of drug-likeness (QED) is 0.280. The number of ether oxygens (including phenoxy) is 1. The zero-order valence-electron chi connectivity index (χ0n) is 23.9. The fourth-order valence-electron chi connectivity index (χ4n) is 5.30. The minimum Gasteiger partial charge on any atom is -0.479 e. The van der Waals surface area contributed by atoms with Crippen LogP contribution in [0.3, 0.4) is 0 Å². The third kappa shape index (κ3) is 7.86. The molecule has 4 rings (SSSR count). The number of oxime groups is 1. The largest absolute Gasteiger partial charge is 0.479 e. The highest BCUT2D eigenvalue weighted by atomic mass is 16.6. The maximum absolute atomic E-state index is 13.9. The molecule has 0 radical (unpaired) electrons. The van der Waals surface area contributed by atoms with Crippen molar-refractivity contribution in [3.63, 3.8) is 0 Å². The third-order valence-electron chi connectivity index (χ3n) is 7.52. The Labute approximate surface area is 240 Å². The van der Waals surface area contributed by atoms with E-state index in [1.807, 2.05) is 42.5 Å². The van der Waals surface area contributed by atoms with Crippen molar-refractivity contribution in [1.82, 2.24) is 15.5 Å². The summed E-state index contributed by atoms with van der Waals surface area (Å²) >= 11 is 0. The van der Waals surface area contributed by atoms with E-state index in [2.05, 4.69) is 15.8 Å². The maximum Gasteiger partial charge on any atom is 0.408 e. The van der Waals surface area contributed by atoms with Crippen LogP contribution >= 0.6 is 0 Å². The predicted octanol–water partition coefficient (Wildman–Crippen LogP) is 3.38. The molecule has 0 bridgehead atoms. The van der Waals surface area contributed by atoms with Crippen LogP contribution < -0.4 is 10.6 Å². The van der Waals surface area contributed by atoms with E-state index in [-0.39, 0.29) is 25.3 Å². The van der Waals surface area contributed by atoms with Crippen LogP contribution in [0.2, 0.25) is 0 Å². The molecule has 41 heavy (non-hydrogen) atoms. The fourth-order valence-corrected chi connectivity index (χ4v) is 5.30. The smallest absolute Gasteiger partial charge is 0.408 e. The summed E-state index contributed by atoms with van der Waals surface area (Å²) in [7, 11) is 0. The average Bonchev–Trinajstić information content (AvgIpc) is 3.43. The highest BCUT2D eigenvalue weighted by molar-refractivity contribution is 5.96. The Balaban J connectivity index is 1.57. The predicted molar refractivity (Wildman–Crippen MR) is 151 cm³/mol. The molecule has 0 aromatic heterocycles. The van der Waals surface area contributed by atoms with Crippen LogP contribution in [0.5, 0.6) is 0 Å². The van der Waals surface area contributed by atoms with Crippen molar-refractivity contribution in [2.24, 2.45) is 11.1 Å². The lowest BCUT2D eigenvalue weighted by Gasteiger charge is -2.30. The monoisotopic (exact) mass is 568 g/mol. The lowest BCUT2D eigenvalue weighted by molar-refractivity contribution is -0.145. The molecule has 11 nitrogen and oxygen atoms in total. The third-order valence-corrected chi connectivity index (χ3v) is 7.52. The van der Waals surface area contributed by atoms with Crippen molar-refractivity contribution in [2.45, 2.75) is 95.0 Å². The molecule has 1 aromatic rings. The Morgan fingerprint density at radius 3 is 2.63 bits per heavy atom. The molecule has 2 heterocycles. The van der Waals surface area contributed by atoms with Gasteiger partial charge in [-0.25, -0.2) is 9.59 Å². The number of allylic oxidation sites excluding steroid dienone is 1. The molecule has 1 saturated carbocycles.